The van der Waals surface area contributed by atoms with Crippen LogP contribution in [0.4, 0.5) is 0 Å². The number of ether oxygens (including phenoxy) is 1. The fourth-order valence-electron chi connectivity index (χ4n) is 3.52. The maximum Gasteiger partial charge on any atom is 0.240 e. The molecule has 150 valence electrons. The van der Waals surface area contributed by atoms with E-state index >= 15 is 0 Å². The molecule has 1 aromatic rings. The van der Waals surface area contributed by atoms with Gasteiger partial charge in [0.1, 0.15) is 5.75 Å². The van der Waals surface area contributed by atoms with Gasteiger partial charge in [0.15, 0.2) is 0 Å². The van der Waals surface area contributed by atoms with E-state index in [9.17, 15) is 4.79 Å². The third-order valence-corrected chi connectivity index (χ3v) is 6.10. The van der Waals surface area contributed by atoms with Crippen LogP contribution in [-0.2, 0) is 4.79 Å². The largest absolute Gasteiger partial charge is 0.493 e. The molecule has 0 bridgehead atoms. The second kappa shape index (κ2) is 10.1. The summed E-state index contributed by atoms with van der Waals surface area (Å²) in [6.07, 6.45) is 6.60. The Morgan fingerprint density at radius 2 is 2.04 bits per heavy atom. The minimum Gasteiger partial charge on any atom is -0.493 e. The van der Waals surface area contributed by atoms with Crippen molar-refractivity contribution in [3.8, 4) is 5.75 Å². The van der Waals surface area contributed by atoms with Gasteiger partial charge >= 0.3 is 0 Å². The number of halogens is 1. The molecular weight excluding hydrogens is 360 g/mol. The van der Waals surface area contributed by atoms with Crippen molar-refractivity contribution in [1.29, 1.82) is 0 Å². The number of rotatable bonds is 8. The molecule has 0 aliphatic heterocycles. The molecule has 0 saturated heterocycles. The highest BCUT2D eigenvalue weighted by Crippen LogP contribution is 2.39. The lowest BCUT2D eigenvalue weighted by atomic mass is 9.69. The Morgan fingerprint density at radius 1 is 1.33 bits per heavy atom. The number of hydrazone groups is 1. The maximum absolute atomic E-state index is 12.0. The van der Waals surface area contributed by atoms with Crippen molar-refractivity contribution in [2.24, 2.45) is 16.4 Å². The SMILES string of the molecule is CCC(C)(C)C1CCC(=NNC(=O)CCCOc2ccc(Cl)cc2C)CC1. The molecule has 27 heavy (non-hydrogen) atoms. The number of carbonyl (C=O) groups is 1. The molecule has 0 aromatic heterocycles. The van der Waals surface area contributed by atoms with Crippen molar-refractivity contribution in [3.63, 3.8) is 0 Å². The van der Waals surface area contributed by atoms with Crippen LogP contribution in [0, 0.1) is 18.3 Å². The number of aryl methyl sites for hydroxylation is 1. The van der Waals surface area contributed by atoms with Gasteiger partial charge in [0.25, 0.3) is 0 Å². The van der Waals surface area contributed by atoms with Crippen LogP contribution in [0.25, 0.3) is 0 Å². The van der Waals surface area contributed by atoms with Gasteiger partial charge < -0.3 is 4.74 Å². The number of amides is 1. The van der Waals surface area contributed by atoms with E-state index < -0.39 is 0 Å². The minimum absolute atomic E-state index is 0.0464. The number of hydrogen-bond donors (Lipinski definition) is 1. The number of hydrogen-bond acceptors (Lipinski definition) is 3. The van der Waals surface area contributed by atoms with Gasteiger partial charge in [0, 0.05) is 17.2 Å². The summed E-state index contributed by atoms with van der Waals surface area (Å²) in [6, 6.07) is 5.54. The van der Waals surface area contributed by atoms with E-state index in [1.54, 1.807) is 0 Å². The van der Waals surface area contributed by atoms with E-state index in [1.165, 1.54) is 19.3 Å². The Kier molecular flexibility index (Phi) is 8.15. The highest BCUT2D eigenvalue weighted by atomic mass is 35.5. The highest BCUT2D eigenvalue weighted by Gasteiger charge is 2.30. The zero-order valence-electron chi connectivity index (χ0n) is 17.1. The molecule has 1 aliphatic rings. The fourth-order valence-corrected chi connectivity index (χ4v) is 3.75. The first-order valence-electron chi connectivity index (χ1n) is 10.0. The van der Waals surface area contributed by atoms with Crippen molar-refractivity contribution in [2.75, 3.05) is 6.61 Å². The van der Waals surface area contributed by atoms with Crippen molar-refractivity contribution in [2.45, 2.75) is 72.6 Å². The maximum atomic E-state index is 12.0. The Hall–Kier alpha value is -1.55. The third kappa shape index (κ3) is 6.84. The molecule has 4 nitrogen and oxygen atoms in total. The summed E-state index contributed by atoms with van der Waals surface area (Å²) >= 11 is 5.94. The fraction of sp³-hybridized carbons (Fsp3) is 0.636. The predicted octanol–water partition coefficient (Wildman–Crippen LogP) is 5.91. The number of nitrogens with zero attached hydrogens (tertiary/aromatic N) is 1. The van der Waals surface area contributed by atoms with Crippen LogP contribution < -0.4 is 10.2 Å². The molecular formula is C22H33ClN2O2. The summed E-state index contributed by atoms with van der Waals surface area (Å²) < 4.78 is 5.72. The number of nitrogens with one attached hydrogen (secondary N) is 1. The third-order valence-electron chi connectivity index (χ3n) is 5.86. The lowest BCUT2D eigenvalue weighted by Gasteiger charge is -2.36. The number of benzene rings is 1. The topological polar surface area (TPSA) is 50.7 Å². The molecule has 0 heterocycles. The lowest BCUT2D eigenvalue weighted by Crippen LogP contribution is -2.29. The molecule has 1 aromatic carbocycles. The molecule has 5 heteroatoms. The second-order valence-electron chi connectivity index (χ2n) is 8.19. The summed E-state index contributed by atoms with van der Waals surface area (Å²) in [6.45, 7) is 9.44. The first-order valence-corrected chi connectivity index (χ1v) is 10.4. The average Bonchev–Trinajstić information content (AvgIpc) is 2.65. The summed E-state index contributed by atoms with van der Waals surface area (Å²) in [7, 11) is 0. The molecule has 1 N–H and O–H groups in total. The molecule has 2 rings (SSSR count). The zero-order chi connectivity index (χ0) is 19.9. The van der Waals surface area contributed by atoms with Crippen LogP contribution in [0.2, 0.25) is 5.02 Å². The van der Waals surface area contributed by atoms with Crippen LogP contribution >= 0.6 is 11.6 Å². The van der Waals surface area contributed by atoms with Crippen LogP contribution in [0.1, 0.15) is 71.3 Å². The Balaban J connectivity index is 1.65. The van der Waals surface area contributed by atoms with Crippen molar-refractivity contribution in [1.82, 2.24) is 5.43 Å². The Morgan fingerprint density at radius 3 is 2.67 bits per heavy atom. The minimum atomic E-state index is -0.0464. The number of carbonyl (C=O) groups excluding carboxylic acids is 1. The summed E-state index contributed by atoms with van der Waals surface area (Å²) in [5.41, 5.74) is 5.24. The van der Waals surface area contributed by atoms with Gasteiger partial charge in [-0.3, -0.25) is 4.79 Å². The van der Waals surface area contributed by atoms with Crippen molar-refractivity contribution < 1.29 is 9.53 Å². The molecule has 1 saturated carbocycles. The van der Waals surface area contributed by atoms with Gasteiger partial charge in [-0.05, 0) is 74.1 Å². The van der Waals surface area contributed by atoms with Gasteiger partial charge in [-0.2, -0.15) is 5.10 Å². The van der Waals surface area contributed by atoms with Crippen LogP contribution in [0.15, 0.2) is 23.3 Å². The van der Waals surface area contributed by atoms with Gasteiger partial charge in [0.2, 0.25) is 5.91 Å². The monoisotopic (exact) mass is 392 g/mol. The molecule has 0 spiro atoms. The summed E-state index contributed by atoms with van der Waals surface area (Å²) in [5.74, 6) is 1.52. The van der Waals surface area contributed by atoms with E-state index in [0.717, 1.165) is 35.8 Å². The average molecular weight is 393 g/mol. The lowest BCUT2D eigenvalue weighted by molar-refractivity contribution is -0.121. The van der Waals surface area contributed by atoms with Crippen molar-refractivity contribution in [3.05, 3.63) is 28.8 Å². The van der Waals surface area contributed by atoms with Crippen LogP contribution in [0.3, 0.4) is 0 Å². The highest BCUT2D eigenvalue weighted by molar-refractivity contribution is 6.30. The summed E-state index contributed by atoms with van der Waals surface area (Å²) in [5, 5.41) is 5.05. The van der Waals surface area contributed by atoms with Crippen molar-refractivity contribution >= 4 is 23.2 Å². The van der Waals surface area contributed by atoms with Gasteiger partial charge in [-0.25, -0.2) is 5.43 Å². The van der Waals surface area contributed by atoms with E-state index in [-0.39, 0.29) is 5.91 Å². The first-order chi connectivity index (χ1) is 12.8. The standard InChI is InChI=1S/C22H33ClN2O2/c1-5-22(3,4)17-8-11-19(12-9-17)24-25-21(26)7-6-14-27-20-13-10-18(23)15-16(20)2/h10,13,15,17H,5-9,11-12,14H2,1-4H3,(H,25,26). The zero-order valence-corrected chi connectivity index (χ0v) is 17.9. The predicted molar refractivity (Wildman–Crippen MR) is 113 cm³/mol. The van der Waals surface area contributed by atoms with E-state index in [1.807, 2.05) is 25.1 Å². The second-order valence-corrected chi connectivity index (χ2v) is 8.63. The first kappa shape index (κ1) is 21.7. The van der Waals surface area contributed by atoms with E-state index in [0.29, 0.717) is 29.9 Å². The normalized spacial score (nSPS) is 17.5. The van der Waals surface area contributed by atoms with Gasteiger partial charge in [-0.1, -0.05) is 38.8 Å². The quantitative estimate of drug-likeness (QED) is 0.441. The van der Waals surface area contributed by atoms with Crippen LogP contribution in [-0.4, -0.2) is 18.2 Å². The molecule has 1 fully saturated rings. The van der Waals surface area contributed by atoms with Crippen LogP contribution in [0.5, 0.6) is 5.75 Å². The molecule has 0 unspecified atom stereocenters. The Labute approximate surface area is 168 Å². The van der Waals surface area contributed by atoms with E-state index in [2.05, 4.69) is 31.3 Å². The van der Waals surface area contributed by atoms with Gasteiger partial charge in [0.05, 0.1) is 6.61 Å². The summed E-state index contributed by atoms with van der Waals surface area (Å²) in [4.78, 5) is 12.0. The molecule has 1 aliphatic carbocycles. The van der Waals surface area contributed by atoms with E-state index in [4.69, 9.17) is 16.3 Å². The Bertz CT molecular complexity index is 660. The smallest absolute Gasteiger partial charge is 0.240 e. The molecule has 1 amide bonds. The molecule has 0 radical (unpaired) electrons. The van der Waals surface area contributed by atoms with Gasteiger partial charge in [-0.15, -0.1) is 0 Å². The molecule has 0 atom stereocenters.